The average Bonchev–Trinajstić information content (AvgIpc) is 3.22. The van der Waals surface area contributed by atoms with Crippen LogP contribution in [-0.4, -0.2) is 6.04 Å². The maximum absolute atomic E-state index is 5.97. The van der Waals surface area contributed by atoms with Gasteiger partial charge in [0.1, 0.15) is 11.5 Å². The molecule has 19 heavy (non-hydrogen) atoms. The first-order chi connectivity index (χ1) is 9.31. The molecule has 0 amide bonds. The van der Waals surface area contributed by atoms with Gasteiger partial charge >= 0.3 is 0 Å². The second kappa shape index (κ2) is 5.64. The number of ether oxygens (including phenoxy) is 1. The normalized spacial score (nSPS) is 14.4. The molecule has 1 aliphatic rings. The highest BCUT2D eigenvalue weighted by Gasteiger charge is 2.20. The maximum atomic E-state index is 5.97. The van der Waals surface area contributed by atoms with E-state index in [-0.39, 0.29) is 0 Å². The summed E-state index contributed by atoms with van der Waals surface area (Å²) >= 11 is 5.97. The van der Waals surface area contributed by atoms with E-state index in [9.17, 15) is 0 Å². The third-order valence-electron chi connectivity index (χ3n) is 3.16. The SMILES string of the molecule is Clc1cccc(Oc2ccccc2CNC2CC2)c1. The standard InChI is InChI=1S/C16H16ClNO/c17-13-5-3-6-15(10-13)19-16-7-2-1-4-12(16)11-18-14-8-9-14/h1-7,10,14,18H,8-9,11H2. The number of nitrogens with one attached hydrogen (secondary N) is 1. The van der Waals surface area contributed by atoms with Crippen molar-refractivity contribution in [2.24, 2.45) is 0 Å². The Labute approximate surface area is 118 Å². The predicted octanol–water partition coefficient (Wildman–Crippen LogP) is 4.38. The van der Waals surface area contributed by atoms with E-state index >= 15 is 0 Å². The molecule has 0 atom stereocenters. The first kappa shape index (κ1) is 12.5. The van der Waals surface area contributed by atoms with Crippen LogP contribution >= 0.6 is 11.6 Å². The summed E-state index contributed by atoms with van der Waals surface area (Å²) in [4.78, 5) is 0. The topological polar surface area (TPSA) is 21.3 Å². The summed E-state index contributed by atoms with van der Waals surface area (Å²) in [7, 11) is 0. The molecular weight excluding hydrogens is 258 g/mol. The van der Waals surface area contributed by atoms with Crippen LogP contribution in [0.2, 0.25) is 5.02 Å². The average molecular weight is 274 g/mol. The van der Waals surface area contributed by atoms with Gasteiger partial charge in [-0.15, -0.1) is 0 Å². The molecule has 2 aromatic carbocycles. The van der Waals surface area contributed by atoms with Gasteiger partial charge in [0.2, 0.25) is 0 Å². The Kier molecular flexibility index (Phi) is 3.72. The minimum Gasteiger partial charge on any atom is -0.457 e. The lowest BCUT2D eigenvalue weighted by Gasteiger charge is -2.11. The lowest BCUT2D eigenvalue weighted by Crippen LogP contribution is -2.15. The van der Waals surface area contributed by atoms with E-state index in [1.54, 1.807) is 0 Å². The van der Waals surface area contributed by atoms with Crippen LogP contribution < -0.4 is 10.1 Å². The summed E-state index contributed by atoms with van der Waals surface area (Å²) in [5, 5.41) is 4.19. The van der Waals surface area contributed by atoms with Crippen LogP contribution in [0.1, 0.15) is 18.4 Å². The minimum absolute atomic E-state index is 0.686. The molecule has 0 aromatic heterocycles. The number of benzene rings is 2. The Morgan fingerprint density at radius 1 is 1.11 bits per heavy atom. The monoisotopic (exact) mass is 273 g/mol. The fourth-order valence-electron chi connectivity index (χ4n) is 1.95. The molecule has 3 rings (SSSR count). The molecule has 2 nitrogen and oxygen atoms in total. The Balaban J connectivity index is 1.75. The van der Waals surface area contributed by atoms with Crippen molar-refractivity contribution in [1.82, 2.24) is 5.32 Å². The first-order valence-electron chi connectivity index (χ1n) is 6.56. The molecule has 1 fully saturated rings. The molecule has 0 heterocycles. The van der Waals surface area contributed by atoms with Crippen molar-refractivity contribution in [3.8, 4) is 11.5 Å². The summed E-state index contributed by atoms with van der Waals surface area (Å²) in [6, 6.07) is 16.3. The van der Waals surface area contributed by atoms with E-state index in [1.807, 2.05) is 42.5 Å². The van der Waals surface area contributed by atoms with Crippen LogP contribution in [0.4, 0.5) is 0 Å². The number of halogens is 1. The molecule has 0 unspecified atom stereocenters. The zero-order chi connectivity index (χ0) is 13.1. The number of para-hydroxylation sites is 1. The molecule has 1 aliphatic carbocycles. The van der Waals surface area contributed by atoms with Gasteiger partial charge in [-0.05, 0) is 37.1 Å². The fourth-order valence-corrected chi connectivity index (χ4v) is 2.13. The predicted molar refractivity (Wildman–Crippen MR) is 77.8 cm³/mol. The van der Waals surface area contributed by atoms with Crippen molar-refractivity contribution in [3.05, 3.63) is 59.1 Å². The second-order valence-corrected chi connectivity index (χ2v) is 5.26. The van der Waals surface area contributed by atoms with Gasteiger partial charge < -0.3 is 10.1 Å². The van der Waals surface area contributed by atoms with Gasteiger partial charge in [-0.25, -0.2) is 0 Å². The van der Waals surface area contributed by atoms with E-state index in [1.165, 1.54) is 18.4 Å². The number of hydrogen-bond acceptors (Lipinski definition) is 2. The van der Waals surface area contributed by atoms with Crippen LogP contribution in [0.15, 0.2) is 48.5 Å². The van der Waals surface area contributed by atoms with Gasteiger partial charge in [0.15, 0.2) is 0 Å². The van der Waals surface area contributed by atoms with Gasteiger partial charge in [-0.3, -0.25) is 0 Å². The Morgan fingerprint density at radius 3 is 2.74 bits per heavy atom. The van der Waals surface area contributed by atoms with Crippen LogP contribution in [0.3, 0.4) is 0 Å². The molecule has 0 spiro atoms. The Bertz CT molecular complexity index is 566. The molecule has 0 bridgehead atoms. The smallest absolute Gasteiger partial charge is 0.131 e. The third kappa shape index (κ3) is 3.49. The van der Waals surface area contributed by atoms with Crippen LogP contribution in [-0.2, 0) is 6.54 Å². The molecule has 2 aromatic rings. The first-order valence-corrected chi connectivity index (χ1v) is 6.94. The molecule has 3 heteroatoms. The highest BCUT2D eigenvalue weighted by Crippen LogP contribution is 2.28. The van der Waals surface area contributed by atoms with Crippen molar-refractivity contribution >= 4 is 11.6 Å². The van der Waals surface area contributed by atoms with Gasteiger partial charge in [-0.1, -0.05) is 35.9 Å². The highest BCUT2D eigenvalue weighted by molar-refractivity contribution is 6.30. The van der Waals surface area contributed by atoms with E-state index < -0.39 is 0 Å². The lowest BCUT2D eigenvalue weighted by molar-refractivity contribution is 0.472. The van der Waals surface area contributed by atoms with Gasteiger partial charge in [0.05, 0.1) is 0 Å². The summed E-state index contributed by atoms with van der Waals surface area (Å²) in [5.41, 5.74) is 1.18. The zero-order valence-corrected chi connectivity index (χ0v) is 11.4. The van der Waals surface area contributed by atoms with Crippen molar-refractivity contribution in [2.45, 2.75) is 25.4 Å². The van der Waals surface area contributed by atoms with Crippen molar-refractivity contribution in [3.63, 3.8) is 0 Å². The van der Waals surface area contributed by atoms with Gasteiger partial charge in [0, 0.05) is 23.2 Å². The van der Waals surface area contributed by atoms with Gasteiger partial charge in [-0.2, -0.15) is 0 Å². The second-order valence-electron chi connectivity index (χ2n) is 4.82. The van der Waals surface area contributed by atoms with Crippen LogP contribution in [0.25, 0.3) is 0 Å². The van der Waals surface area contributed by atoms with Crippen LogP contribution in [0, 0.1) is 0 Å². The Morgan fingerprint density at radius 2 is 1.95 bits per heavy atom. The molecule has 0 radical (unpaired) electrons. The summed E-state index contributed by atoms with van der Waals surface area (Å²) in [5.74, 6) is 1.66. The number of hydrogen-bond donors (Lipinski definition) is 1. The van der Waals surface area contributed by atoms with E-state index in [2.05, 4.69) is 11.4 Å². The van der Waals surface area contributed by atoms with E-state index in [0.717, 1.165) is 18.0 Å². The molecule has 98 valence electrons. The molecule has 1 N–H and O–H groups in total. The maximum Gasteiger partial charge on any atom is 0.131 e. The summed E-state index contributed by atoms with van der Waals surface area (Å²) < 4.78 is 5.92. The zero-order valence-electron chi connectivity index (χ0n) is 10.6. The quantitative estimate of drug-likeness (QED) is 0.873. The lowest BCUT2D eigenvalue weighted by atomic mass is 10.2. The molecule has 0 aliphatic heterocycles. The van der Waals surface area contributed by atoms with Crippen molar-refractivity contribution < 1.29 is 4.74 Å². The summed E-state index contributed by atoms with van der Waals surface area (Å²) in [6.45, 7) is 0.849. The minimum atomic E-state index is 0.686. The van der Waals surface area contributed by atoms with Crippen molar-refractivity contribution in [2.75, 3.05) is 0 Å². The largest absolute Gasteiger partial charge is 0.457 e. The van der Waals surface area contributed by atoms with E-state index in [4.69, 9.17) is 16.3 Å². The number of rotatable bonds is 5. The fraction of sp³-hybridized carbons (Fsp3) is 0.250. The van der Waals surface area contributed by atoms with Crippen LogP contribution in [0.5, 0.6) is 11.5 Å². The highest BCUT2D eigenvalue weighted by atomic mass is 35.5. The molecule has 0 saturated heterocycles. The van der Waals surface area contributed by atoms with Gasteiger partial charge in [0.25, 0.3) is 0 Å². The van der Waals surface area contributed by atoms with E-state index in [0.29, 0.717) is 11.1 Å². The Hall–Kier alpha value is -1.51. The molecule has 1 saturated carbocycles. The third-order valence-corrected chi connectivity index (χ3v) is 3.39. The van der Waals surface area contributed by atoms with Crippen molar-refractivity contribution in [1.29, 1.82) is 0 Å². The molecular formula is C16H16ClNO. The summed E-state index contributed by atoms with van der Waals surface area (Å²) in [6.07, 6.45) is 2.58.